The molecule has 0 aliphatic heterocycles. The van der Waals surface area contributed by atoms with E-state index in [4.69, 9.17) is 4.42 Å². The number of thiophene rings is 1. The van der Waals surface area contributed by atoms with Crippen LogP contribution in [0.5, 0.6) is 0 Å². The maximum Gasteiger partial charge on any atom is 0.250 e. The third-order valence-corrected chi connectivity index (χ3v) is 7.31. The van der Waals surface area contributed by atoms with Crippen LogP contribution in [0.15, 0.2) is 64.6 Å². The van der Waals surface area contributed by atoms with Crippen LogP contribution in [0.4, 0.5) is 0 Å². The molecule has 1 N–H and O–H groups in total. The number of hydrogen-bond acceptors (Lipinski definition) is 4. The summed E-state index contributed by atoms with van der Waals surface area (Å²) in [5.74, 6) is 0.292. The van der Waals surface area contributed by atoms with Gasteiger partial charge in [0.2, 0.25) is 5.91 Å². The highest BCUT2D eigenvalue weighted by atomic mass is 32.1. The van der Waals surface area contributed by atoms with Gasteiger partial charge in [-0.15, -0.1) is 11.3 Å². The summed E-state index contributed by atoms with van der Waals surface area (Å²) in [7, 11) is 0. The summed E-state index contributed by atoms with van der Waals surface area (Å²) in [5.41, 5.74) is 2.36. The molecule has 1 aliphatic carbocycles. The number of nitrogens with zero attached hydrogens (tertiary/aromatic N) is 1. The standard InChI is InChI=1S/C27H32N2O3S/c1-20-9-5-6-10-21(20)15-16-29(25(30)19-23-13-8-18-33-23)26(24-14-7-17-32-24)27(31)28-22-11-3-2-4-12-22/h5-10,13-14,17-18,22,26H,2-4,11-12,15-16,19H2,1H3,(H,28,31). The Morgan fingerprint density at radius 2 is 1.91 bits per heavy atom. The molecule has 5 nitrogen and oxygen atoms in total. The number of rotatable bonds is 9. The molecule has 0 saturated heterocycles. The number of furan rings is 1. The first-order chi connectivity index (χ1) is 16.1. The van der Waals surface area contributed by atoms with Gasteiger partial charge in [0, 0.05) is 17.5 Å². The van der Waals surface area contributed by atoms with E-state index in [1.165, 1.54) is 17.5 Å². The molecule has 1 fully saturated rings. The molecule has 3 aromatic rings. The average Bonchev–Trinajstić information content (AvgIpc) is 3.52. The molecule has 1 atom stereocenters. The summed E-state index contributed by atoms with van der Waals surface area (Å²) in [6.07, 6.45) is 7.98. The first-order valence-corrected chi connectivity index (χ1v) is 12.7. The van der Waals surface area contributed by atoms with Crippen molar-refractivity contribution < 1.29 is 14.0 Å². The van der Waals surface area contributed by atoms with Crippen LogP contribution in [0.2, 0.25) is 0 Å². The van der Waals surface area contributed by atoms with Gasteiger partial charge in [0.05, 0.1) is 12.7 Å². The van der Waals surface area contributed by atoms with E-state index in [1.54, 1.807) is 34.6 Å². The van der Waals surface area contributed by atoms with Gasteiger partial charge in [-0.1, -0.05) is 49.6 Å². The zero-order valence-corrected chi connectivity index (χ0v) is 20.0. The van der Waals surface area contributed by atoms with E-state index in [0.29, 0.717) is 18.7 Å². The van der Waals surface area contributed by atoms with Gasteiger partial charge < -0.3 is 14.6 Å². The van der Waals surface area contributed by atoms with Crippen molar-refractivity contribution in [3.05, 3.63) is 81.9 Å². The maximum atomic E-state index is 13.6. The van der Waals surface area contributed by atoms with Gasteiger partial charge in [-0.05, 0) is 60.9 Å². The van der Waals surface area contributed by atoms with Crippen molar-refractivity contribution in [2.24, 2.45) is 0 Å². The second-order valence-corrected chi connectivity index (χ2v) is 9.81. The number of hydrogen-bond donors (Lipinski definition) is 1. The molecule has 1 aromatic carbocycles. The lowest BCUT2D eigenvalue weighted by Crippen LogP contribution is -2.48. The van der Waals surface area contributed by atoms with E-state index >= 15 is 0 Å². The quantitative estimate of drug-likeness (QED) is 0.458. The lowest BCUT2D eigenvalue weighted by Gasteiger charge is -2.32. The van der Waals surface area contributed by atoms with Crippen LogP contribution in [-0.2, 0) is 22.4 Å². The van der Waals surface area contributed by atoms with Gasteiger partial charge in [-0.2, -0.15) is 0 Å². The Morgan fingerprint density at radius 1 is 1.09 bits per heavy atom. The number of carbonyl (C=O) groups is 2. The summed E-state index contributed by atoms with van der Waals surface area (Å²) in [5, 5.41) is 5.19. The van der Waals surface area contributed by atoms with Gasteiger partial charge in [-0.25, -0.2) is 0 Å². The van der Waals surface area contributed by atoms with Crippen molar-refractivity contribution in [1.29, 1.82) is 0 Å². The van der Waals surface area contributed by atoms with Crippen LogP contribution in [0.3, 0.4) is 0 Å². The van der Waals surface area contributed by atoms with E-state index in [9.17, 15) is 9.59 Å². The lowest BCUT2D eigenvalue weighted by atomic mass is 9.95. The molecule has 1 unspecified atom stereocenters. The van der Waals surface area contributed by atoms with Gasteiger partial charge in [0.25, 0.3) is 5.91 Å². The Bertz CT molecular complexity index is 1020. The van der Waals surface area contributed by atoms with Gasteiger partial charge in [0.15, 0.2) is 6.04 Å². The molecule has 4 rings (SSSR count). The predicted octanol–water partition coefficient (Wildman–Crippen LogP) is 5.45. The van der Waals surface area contributed by atoms with Crippen LogP contribution >= 0.6 is 11.3 Å². The number of carbonyl (C=O) groups excluding carboxylic acids is 2. The summed E-state index contributed by atoms with van der Waals surface area (Å²) in [6.45, 7) is 2.52. The molecule has 1 aliphatic rings. The highest BCUT2D eigenvalue weighted by Crippen LogP contribution is 2.26. The molecule has 174 valence electrons. The third kappa shape index (κ3) is 6.14. The molecule has 2 aromatic heterocycles. The molecule has 1 saturated carbocycles. The summed E-state index contributed by atoms with van der Waals surface area (Å²) in [6, 6.07) is 15.1. The monoisotopic (exact) mass is 464 g/mol. The molecule has 0 bridgehead atoms. The molecule has 0 spiro atoms. The summed E-state index contributed by atoms with van der Waals surface area (Å²) < 4.78 is 5.70. The first-order valence-electron chi connectivity index (χ1n) is 11.8. The SMILES string of the molecule is Cc1ccccc1CCN(C(=O)Cc1cccs1)C(C(=O)NC1CCCCC1)c1ccco1. The molecular formula is C27H32N2O3S. The van der Waals surface area contributed by atoms with Crippen molar-refractivity contribution in [1.82, 2.24) is 10.2 Å². The van der Waals surface area contributed by atoms with Crippen LogP contribution in [-0.4, -0.2) is 29.3 Å². The van der Waals surface area contributed by atoms with E-state index in [0.717, 1.165) is 30.6 Å². The molecule has 0 radical (unpaired) electrons. The number of nitrogens with one attached hydrogen (secondary N) is 1. The van der Waals surface area contributed by atoms with Crippen molar-refractivity contribution in [2.75, 3.05) is 6.54 Å². The Hall–Kier alpha value is -2.86. The Morgan fingerprint density at radius 3 is 2.61 bits per heavy atom. The fourth-order valence-corrected chi connectivity index (χ4v) is 5.29. The van der Waals surface area contributed by atoms with Crippen molar-refractivity contribution in [3.63, 3.8) is 0 Å². The zero-order valence-electron chi connectivity index (χ0n) is 19.2. The Labute approximate surface area is 199 Å². The molecule has 2 heterocycles. The third-order valence-electron chi connectivity index (χ3n) is 6.43. The van der Waals surface area contributed by atoms with Crippen molar-refractivity contribution >= 4 is 23.2 Å². The highest BCUT2D eigenvalue weighted by Gasteiger charge is 2.34. The van der Waals surface area contributed by atoms with E-state index in [-0.39, 0.29) is 24.3 Å². The average molecular weight is 465 g/mol. The Kier molecular flexibility index (Phi) is 8.00. The Balaban J connectivity index is 1.60. The number of aryl methyl sites for hydroxylation is 1. The topological polar surface area (TPSA) is 62.6 Å². The van der Waals surface area contributed by atoms with E-state index < -0.39 is 6.04 Å². The summed E-state index contributed by atoms with van der Waals surface area (Å²) >= 11 is 1.56. The van der Waals surface area contributed by atoms with Crippen LogP contribution in [0, 0.1) is 6.92 Å². The molecule has 2 amide bonds. The minimum Gasteiger partial charge on any atom is -0.467 e. The second-order valence-electron chi connectivity index (χ2n) is 8.78. The largest absolute Gasteiger partial charge is 0.467 e. The fraction of sp³-hybridized carbons (Fsp3) is 0.407. The lowest BCUT2D eigenvalue weighted by molar-refractivity contribution is -0.141. The van der Waals surface area contributed by atoms with Crippen LogP contribution in [0.1, 0.15) is 59.9 Å². The smallest absolute Gasteiger partial charge is 0.250 e. The summed E-state index contributed by atoms with van der Waals surface area (Å²) in [4.78, 5) is 29.8. The van der Waals surface area contributed by atoms with E-state index in [2.05, 4.69) is 24.4 Å². The zero-order chi connectivity index (χ0) is 23.0. The number of amides is 2. The van der Waals surface area contributed by atoms with Gasteiger partial charge >= 0.3 is 0 Å². The highest BCUT2D eigenvalue weighted by molar-refractivity contribution is 7.10. The minimum atomic E-state index is -0.779. The molecule has 6 heteroatoms. The van der Waals surface area contributed by atoms with Crippen LogP contribution in [0.25, 0.3) is 0 Å². The first kappa shape index (κ1) is 23.3. The molecular weight excluding hydrogens is 432 g/mol. The number of benzene rings is 1. The van der Waals surface area contributed by atoms with E-state index in [1.807, 2.05) is 29.6 Å². The normalized spacial score (nSPS) is 15.2. The predicted molar refractivity (Wildman–Crippen MR) is 131 cm³/mol. The van der Waals surface area contributed by atoms with Gasteiger partial charge in [0.1, 0.15) is 5.76 Å². The minimum absolute atomic E-state index is 0.0637. The fourth-order valence-electron chi connectivity index (χ4n) is 4.59. The van der Waals surface area contributed by atoms with Crippen molar-refractivity contribution in [3.8, 4) is 0 Å². The second kappa shape index (κ2) is 11.3. The molecule has 33 heavy (non-hydrogen) atoms. The maximum absolute atomic E-state index is 13.6. The van der Waals surface area contributed by atoms with Gasteiger partial charge in [-0.3, -0.25) is 9.59 Å². The van der Waals surface area contributed by atoms with Crippen LogP contribution < -0.4 is 5.32 Å². The van der Waals surface area contributed by atoms with Crippen molar-refractivity contribution in [2.45, 2.75) is 64.0 Å².